The van der Waals surface area contributed by atoms with Gasteiger partial charge in [0.1, 0.15) is 0 Å². The van der Waals surface area contributed by atoms with Gasteiger partial charge in [-0.25, -0.2) is 0 Å². The first-order valence-electron chi connectivity index (χ1n) is 5.21. The molecule has 1 heterocycles. The van der Waals surface area contributed by atoms with Crippen LogP contribution in [-0.4, -0.2) is 11.1 Å². The fraction of sp³-hybridized carbons (Fsp3) is 0.167. The van der Waals surface area contributed by atoms with Gasteiger partial charge < -0.3 is 10.3 Å². The molecular formula is C12H13N3O2. The lowest BCUT2D eigenvalue weighted by atomic mass is 10.1. The standard InChI is InChI=1S/C12H13N3O2/c1-8-6-12(17-15-8)14-11(16)7-9-2-4-10(13)5-3-9/h2-6H,7,13H2,1H3,(H,14,16). The average Bonchev–Trinajstić information content (AvgIpc) is 2.67. The maximum atomic E-state index is 11.6. The topological polar surface area (TPSA) is 81.2 Å². The predicted molar refractivity (Wildman–Crippen MR) is 64.4 cm³/mol. The van der Waals surface area contributed by atoms with Gasteiger partial charge in [0.2, 0.25) is 11.8 Å². The lowest BCUT2D eigenvalue weighted by Gasteiger charge is -2.01. The minimum atomic E-state index is -0.147. The molecule has 1 aromatic heterocycles. The normalized spacial score (nSPS) is 10.2. The molecule has 88 valence electrons. The van der Waals surface area contributed by atoms with Crippen LogP contribution in [0.4, 0.5) is 11.6 Å². The Morgan fingerprint density at radius 1 is 1.41 bits per heavy atom. The van der Waals surface area contributed by atoms with Crippen molar-refractivity contribution in [2.45, 2.75) is 13.3 Å². The first-order valence-corrected chi connectivity index (χ1v) is 5.21. The summed E-state index contributed by atoms with van der Waals surface area (Å²) in [7, 11) is 0. The Hall–Kier alpha value is -2.30. The maximum Gasteiger partial charge on any atom is 0.231 e. The quantitative estimate of drug-likeness (QED) is 0.788. The highest BCUT2D eigenvalue weighted by Gasteiger charge is 2.07. The SMILES string of the molecule is Cc1cc(NC(=O)Cc2ccc(N)cc2)on1. The van der Waals surface area contributed by atoms with Crippen LogP contribution in [0.25, 0.3) is 0 Å². The van der Waals surface area contributed by atoms with Crippen molar-refractivity contribution >= 4 is 17.5 Å². The summed E-state index contributed by atoms with van der Waals surface area (Å²) in [6, 6.07) is 8.84. The average molecular weight is 231 g/mol. The highest BCUT2D eigenvalue weighted by molar-refractivity contribution is 5.91. The van der Waals surface area contributed by atoms with Crippen LogP contribution in [0.2, 0.25) is 0 Å². The second-order valence-corrected chi connectivity index (χ2v) is 3.80. The van der Waals surface area contributed by atoms with Crippen molar-refractivity contribution in [2.24, 2.45) is 0 Å². The maximum absolute atomic E-state index is 11.6. The zero-order valence-electron chi connectivity index (χ0n) is 9.43. The number of carbonyl (C=O) groups is 1. The van der Waals surface area contributed by atoms with Crippen LogP contribution in [-0.2, 0) is 11.2 Å². The summed E-state index contributed by atoms with van der Waals surface area (Å²) >= 11 is 0. The van der Waals surface area contributed by atoms with Gasteiger partial charge in [-0.3, -0.25) is 10.1 Å². The number of aryl methyl sites for hydroxylation is 1. The third-order valence-electron chi connectivity index (χ3n) is 2.23. The zero-order chi connectivity index (χ0) is 12.3. The van der Waals surface area contributed by atoms with Crippen molar-refractivity contribution in [2.75, 3.05) is 11.1 Å². The smallest absolute Gasteiger partial charge is 0.231 e. The Bertz CT molecular complexity index is 517. The van der Waals surface area contributed by atoms with E-state index in [1.807, 2.05) is 12.1 Å². The summed E-state index contributed by atoms with van der Waals surface area (Å²) in [4.78, 5) is 11.6. The number of aromatic nitrogens is 1. The molecule has 0 spiro atoms. The summed E-state index contributed by atoms with van der Waals surface area (Å²) in [5.74, 6) is 0.217. The van der Waals surface area contributed by atoms with E-state index in [2.05, 4.69) is 10.5 Å². The number of rotatable bonds is 3. The van der Waals surface area contributed by atoms with Gasteiger partial charge in [0, 0.05) is 11.8 Å². The van der Waals surface area contributed by atoms with Crippen LogP contribution >= 0.6 is 0 Å². The Balaban J connectivity index is 1.95. The Kier molecular flexibility index (Phi) is 3.09. The van der Waals surface area contributed by atoms with E-state index in [4.69, 9.17) is 10.3 Å². The molecular weight excluding hydrogens is 218 g/mol. The third kappa shape index (κ3) is 3.07. The van der Waals surface area contributed by atoms with E-state index in [0.717, 1.165) is 11.3 Å². The van der Waals surface area contributed by atoms with Crippen molar-refractivity contribution < 1.29 is 9.32 Å². The van der Waals surface area contributed by atoms with Crippen molar-refractivity contribution in [3.8, 4) is 0 Å². The second-order valence-electron chi connectivity index (χ2n) is 3.80. The summed E-state index contributed by atoms with van der Waals surface area (Å²) in [5.41, 5.74) is 7.87. The van der Waals surface area contributed by atoms with E-state index in [1.54, 1.807) is 25.1 Å². The first-order chi connectivity index (χ1) is 8.13. The number of carbonyl (C=O) groups excluding carboxylic acids is 1. The molecule has 0 saturated heterocycles. The molecule has 0 unspecified atom stereocenters. The molecule has 5 heteroatoms. The van der Waals surface area contributed by atoms with Crippen LogP contribution in [0.1, 0.15) is 11.3 Å². The number of nitrogens with one attached hydrogen (secondary N) is 1. The van der Waals surface area contributed by atoms with Gasteiger partial charge in [-0.05, 0) is 24.6 Å². The van der Waals surface area contributed by atoms with Crippen molar-refractivity contribution in [3.05, 3.63) is 41.6 Å². The van der Waals surface area contributed by atoms with Gasteiger partial charge in [0.15, 0.2) is 0 Å². The molecule has 17 heavy (non-hydrogen) atoms. The number of hydrogen-bond acceptors (Lipinski definition) is 4. The Morgan fingerprint density at radius 2 is 2.12 bits per heavy atom. The summed E-state index contributed by atoms with van der Waals surface area (Å²) in [5, 5.41) is 6.31. The van der Waals surface area contributed by atoms with Crippen LogP contribution in [0.5, 0.6) is 0 Å². The third-order valence-corrected chi connectivity index (χ3v) is 2.23. The molecule has 0 aliphatic rings. The molecule has 0 bridgehead atoms. The van der Waals surface area contributed by atoms with Gasteiger partial charge in [0.25, 0.3) is 0 Å². The summed E-state index contributed by atoms with van der Waals surface area (Å²) in [6.45, 7) is 1.79. The molecule has 2 aromatic rings. The van der Waals surface area contributed by atoms with Gasteiger partial charge in [-0.2, -0.15) is 0 Å². The highest BCUT2D eigenvalue weighted by atomic mass is 16.5. The van der Waals surface area contributed by atoms with Crippen molar-refractivity contribution in [1.82, 2.24) is 5.16 Å². The minimum absolute atomic E-state index is 0.147. The molecule has 0 atom stereocenters. The van der Waals surface area contributed by atoms with Crippen LogP contribution in [0.15, 0.2) is 34.9 Å². The molecule has 1 aromatic carbocycles. The number of anilines is 2. The molecule has 5 nitrogen and oxygen atoms in total. The van der Waals surface area contributed by atoms with Crippen LogP contribution in [0.3, 0.4) is 0 Å². The number of amides is 1. The van der Waals surface area contributed by atoms with Gasteiger partial charge in [-0.15, -0.1) is 0 Å². The largest absolute Gasteiger partial charge is 0.399 e. The molecule has 3 N–H and O–H groups in total. The lowest BCUT2D eigenvalue weighted by Crippen LogP contribution is -2.13. The van der Waals surface area contributed by atoms with Gasteiger partial charge >= 0.3 is 0 Å². The lowest BCUT2D eigenvalue weighted by molar-refractivity contribution is -0.115. The molecule has 0 fully saturated rings. The predicted octanol–water partition coefficient (Wildman–Crippen LogP) is 1.75. The van der Waals surface area contributed by atoms with Crippen molar-refractivity contribution in [3.63, 3.8) is 0 Å². The van der Waals surface area contributed by atoms with Crippen LogP contribution < -0.4 is 11.1 Å². The summed E-state index contributed by atoms with van der Waals surface area (Å²) in [6.07, 6.45) is 0.278. The Morgan fingerprint density at radius 3 is 2.71 bits per heavy atom. The minimum Gasteiger partial charge on any atom is -0.399 e. The van der Waals surface area contributed by atoms with Gasteiger partial charge in [0.05, 0.1) is 12.1 Å². The van der Waals surface area contributed by atoms with Crippen molar-refractivity contribution in [1.29, 1.82) is 0 Å². The number of nitrogens with zero attached hydrogens (tertiary/aromatic N) is 1. The van der Waals surface area contributed by atoms with E-state index >= 15 is 0 Å². The first kappa shape index (κ1) is 11.2. The number of benzene rings is 1. The van der Waals surface area contributed by atoms with Gasteiger partial charge in [-0.1, -0.05) is 17.3 Å². The molecule has 2 rings (SSSR count). The fourth-order valence-corrected chi connectivity index (χ4v) is 1.42. The van der Waals surface area contributed by atoms with E-state index in [0.29, 0.717) is 11.6 Å². The highest BCUT2D eigenvalue weighted by Crippen LogP contribution is 2.10. The molecule has 0 aliphatic carbocycles. The molecule has 0 aliphatic heterocycles. The van der Waals surface area contributed by atoms with Crippen LogP contribution in [0, 0.1) is 6.92 Å². The number of nitrogen functional groups attached to an aromatic ring is 1. The monoisotopic (exact) mass is 231 g/mol. The van der Waals surface area contributed by atoms with E-state index in [9.17, 15) is 4.79 Å². The zero-order valence-corrected chi connectivity index (χ0v) is 9.43. The molecule has 0 saturated carbocycles. The number of nitrogens with two attached hydrogens (primary N) is 1. The molecule has 1 amide bonds. The van der Waals surface area contributed by atoms with E-state index < -0.39 is 0 Å². The molecule has 0 radical (unpaired) electrons. The van der Waals surface area contributed by atoms with E-state index in [-0.39, 0.29) is 12.3 Å². The fourth-order valence-electron chi connectivity index (χ4n) is 1.42. The summed E-state index contributed by atoms with van der Waals surface area (Å²) < 4.78 is 4.89. The number of hydrogen-bond donors (Lipinski definition) is 2. The van der Waals surface area contributed by atoms with E-state index in [1.165, 1.54) is 0 Å². The Labute approximate surface area is 98.6 Å². The second kappa shape index (κ2) is 4.69.